The van der Waals surface area contributed by atoms with E-state index in [1.807, 2.05) is 78.4 Å². The summed E-state index contributed by atoms with van der Waals surface area (Å²) in [6, 6.07) is 19.3. The number of amides is 2. The van der Waals surface area contributed by atoms with Crippen molar-refractivity contribution in [2.45, 2.75) is 20.3 Å². The summed E-state index contributed by atoms with van der Waals surface area (Å²) >= 11 is 5.28. The molecular weight excluding hydrogens is 394 g/mol. The van der Waals surface area contributed by atoms with Gasteiger partial charge in [0.2, 0.25) is 0 Å². The zero-order valence-corrected chi connectivity index (χ0v) is 17.6. The summed E-state index contributed by atoms with van der Waals surface area (Å²) in [6.45, 7) is 4.09. The minimum absolute atomic E-state index is 0.0378. The Balaban J connectivity index is 1.73. The number of aromatic nitrogens is 1. The Labute approximate surface area is 180 Å². The molecule has 0 radical (unpaired) electrons. The third kappa shape index (κ3) is 3.69. The summed E-state index contributed by atoms with van der Waals surface area (Å²) in [6.07, 6.45) is 4.41. The van der Waals surface area contributed by atoms with Crippen LogP contribution in [0.25, 0.3) is 11.8 Å². The molecule has 1 N–H and O–H groups in total. The van der Waals surface area contributed by atoms with Crippen LogP contribution in [0.2, 0.25) is 0 Å². The normalized spacial score (nSPS) is 15.6. The van der Waals surface area contributed by atoms with Crippen LogP contribution in [0.4, 0.5) is 5.69 Å². The molecule has 0 atom stereocenters. The van der Waals surface area contributed by atoms with Crippen LogP contribution < -0.4 is 10.2 Å². The monoisotopic (exact) mass is 415 g/mol. The lowest BCUT2D eigenvalue weighted by Crippen LogP contribution is -2.54. The molecule has 2 aromatic carbocycles. The zero-order valence-electron chi connectivity index (χ0n) is 16.8. The molecule has 2 heterocycles. The molecule has 1 saturated heterocycles. The number of rotatable bonds is 4. The molecule has 4 rings (SSSR count). The van der Waals surface area contributed by atoms with E-state index in [9.17, 15) is 9.59 Å². The number of aryl methyl sites for hydroxylation is 2. The SMILES string of the molecule is CCc1ccc(N2C(=O)C(=Cc3cccn3-c3cccc(C)c3)C(=O)NC2=S)cc1. The number of nitrogens with zero attached hydrogens (tertiary/aromatic N) is 2. The molecule has 0 bridgehead atoms. The van der Waals surface area contributed by atoms with E-state index in [0.717, 1.165) is 28.9 Å². The minimum atomic E-state index is -0.497. The van der Waals surface area contributed by atoms with Gasteiger partial charge in [-0.3, -0.25) is 19.8 Å². The summed E-state index contributed by atoms with van der Waals surface area (Å²) in [4.78, 5) is 27.2. The van der Waals surface area contributed by atoms with E-state index in [4.69, 9.17) is 12.2 Å². The van der Waals surface area contributed by atoms with Gasteiger partial charge >= 0.3 is 0 Å². The molecule has 0 saturated carbocycles. The first-order valence-corrected chi connectivity index (χ1v) is 10.1. The number of carbonyl (C=O) groups excluding carboxylic acids is 2. The second-order valence-corrected chi connectivity index (χ2v) is 7.51. The number of benzene rings is 2. The molecule has 3 aromatic rings. The van der Waals surface area contributed by atoms with Crippen LogP contribution in [-0.4, -0.2) is 21.5 Å². The van der Waals surface area contributed by atoms with Gasteiger partial charge in [-0.25, -0.2) is 0 Å². The maximum absolute atomic E-state index is 13.2. The van der Waals surface area contributed by atoms with Gasteiger partial charge in [0, 0.05) is 17.6 Å². The molecule has 2 amide bonds. The lowest BCUT2D eigenvalue weighted by Gasteiger charge is -2.29. The Morgan fingerprint density at radius 2 is 1.77 bits per heavy atom. The van der Waals surface area contributed by atoms with E-state index in [-0.39, 0.29) is 10.7 Å². The Morgan fingerprint density at radius 3 is 2.47 bits per heavy atom. The largest absolute Gasteiger partial charge is 0.317 e. The molecule has 5 nitrogen and oxygen atoms in total. The van der Waals surface area contributed by atoms with E-state index in [1.165, 1.54) is 4.90 Å². The second-order valence-electron chi connectivity index (χ2n) is 7.12. The molecule has 6 heteroatoms. The van der Waals surface area contributed by atoms with Gasteiger partial charge in [-0.05, 0) is 79.2 Å². The molecule has 1 aromatic heterocycles. The van der Waals surface area contributed by atoms with Crippen molar-refractivity contribution in [2.75, 3.05) is 4.90 Å². The average Bonchev–Trinajstić information content (AvgIpc) is 3.20. The third-order valence-corrected chi connectivity index (χ3v) is 5.34. The fourth-order valence-corrected chi connectivity index (χ4v) is 3.73. The third-order valence-electron chi connectivity index (χ3n) is 5.06. The summed E-state index contributed by atoms with van der Waals surface area (Å²) in [5, 5.41) is 2.72. The Hall–Kier alpha value is -3.51. The summed E-state index contributed by atoms with van der Waals surface area (Å²) in [5.41, 5.74) is 4.63. The van der Waals surface area contributed by atoms with Crippen LogP contribution in [0, 0.1) is 6.92 Å². The molecule has 0 unspecified atom stereocenters. The van der Waals surface area contributed by atoms with Gasteiger partial charge in [-0.15, -0.1) is 0 Å². The minimum Gasteiger partial charge on any atom is -0.317 e. The molecule has 0 aliphatic carbocycles. The summed E-state index contributed by atoms with van der Waals surface area (Å²) < 4.78 is 1.94. The summed E-state index contributed by atoms with van der Waals surface area (Å²) in [5.74, 6) is -0.937. The smallest absolute Gasteiger partial charge is 0.270 e. The van der Waals surface area contributed by atoms with E-state index in [1.54, 1.807) is 6.08 Å². The first kappa shape index (κ1) is 19.8. The van der Waals surface area contributed by atoms with Crippen molar-refractivity contribution in [1.82, 2.24) is 9.88 Å². The van der Waals surface area contributed by atoms with Gasteiger partial charge in [-0.1, -0.05) is 31.2 Å². The molecule has 1 aliphatic heterocycles. The van der Waals surface area contributed by atoms with Crippen molar-refractivity contribution in [3.63, 3.8) is 0 Å². The van der Waals surface area contributed by atoms with Gasteiger partial charge in [-0.2, -0.15) is 0 Å². The van der Waals surface area contributed by atoms with Crippen molar-refractivity contribution in [3.05, 3.63) is 89.3 Å². The highest BCUT2D eigenvalue weighted by Gasteiger charge is 2.34. The number of nitrogens with one attached hydrogen (secondary N) is 1. The van der Waals surface area contributed by atoms with Crippen LogP contribution >= 0.6 is 12.2 Å². The first-order valence-electron chi connectivity index (χ1n) is 9.72. The number of thiocarbonyl (C=S) groups is 1. The second kappa shape index (κ2) is 8.08. The summed E-state index contributed by atoms with van der Waals surface area (Å²) in [7, 11) is 0. The number of anilines is 1. The van der Waals surface area contributed by atoms with E-state index in [0.29, 0.717) is 5.69 Å². The quantitative estimate of drug-likeness (QED) is 0.395. The van der Waals surface area contributed by atoms with E-state index in [2.05, 4.69) is 12.2 Å². The van der Waals surface area contributed by atoms with Crippen LogP contribution in [0.15, 0.2) is 72.4 Å². The highest BCUT2D eigenvalue weighted by atomic mass is 32.1. The van der Waals surface area contributed by atoms with Gasteiger partial charge in [0.25, 0.3) is 11.8 Å². The molecule has 1 fully saturated rings. The van der Waals surface area contributed by atoms with Crippen molar-refractivity contribution < 1.29 is 9.59 Å². The molecule has 0 spiro atoms. The van der Waals surface area contributed by atoms with Gasteiger partial charge in [0.1, 0.15) is 5.57 Å². The maximum Gasteiger partial charge on any atom is 0.270 e. The van der Waals surface area contributed by atoms with E-state index < -0.39 is 11.8 Å². The molecule has 30 heavy (non-hydrogen) atoms. The van der Waals surface area contributed by atoms with Crippen LogP contribution in [0.3, 0.4) is 0 Å². The fourth-order valence-electron chi connectivity index (χ4n) is 3.45. The highest BCUT2D eigenvalue weighted by molar-refractivity contribution is 7.80. The lowest BCUT2D eigenvalue weighted by molar-refractivity contribution is -0.122. The Morgan fingerprint density at radius 1 is 1.00 bits per heavy atom. The zero-order chi connectivity index (χ0) is 21.3. The average molecular weight is 416 g/mol. The van der Waals surface area contributed by atoms with Gasteiger partial charge in [0.15, 0.2) is 5.11 Å². The van der Waals surface area contributed by atoms with Crippen molar-refractivity contribution in [1.29, 1.82) is 0 Å². The highest BCUT2D eigenvalue weighted by Crippen LogP contribution is 2.24. The van der Waals surface area contributed by atoms with Crippen LogP contribution in [-0.2, 0) is 16.0 Å². The fraction of sp³-hybridized carbons (Fsp3) is 0.125. The Kier molecular flexibility index (Phi) is 5.33. The van der Waals surface area contributed by atoms with E-state index >= 15 is 0 Å². The lowest BCUT2D eigenvalue weighted by atomic mass is 10.1. The van der Waals surface area contributed by atoms with Crippen LogP contribution in [0.5, 0.6) is 0 Å². The van der Waals surface area contributed by atoms with Crippen molar-refractivity contribution in [2.24, 2.45) is 0 Å². The standard InChI is InChI=1S/C24H21N3O2S/c1-3-17-9-11-18(12-10-17)27-23(29)21(22(28)25-24(27)30)15-20-8-5-13-26(20)19-7-4-6-16(2)14-19/h4-15H,3H2,1-2H3,(H,25,28,30). The van der Waals surface area contributed by atoms with Gasteiger partial charge in [0.05, 0.1) is 5.69 Å². The predicted molar refractivity (Wildman–Crippen MR) is 123 cm³/mol. The Bertz CT molecular complexity index is 1180. The van der Waals surface area contributed by atoms with Crippen molar-refractivity contribution >= 4 is 40.9 Å². The molecular formula is C24H21N3O2S. The number of hydrogen-bond donors (Lipinski definition) is 1. The van der Waals surface area contributed by atoms with Crippen LogP contribution in [0.1, 0.15) is 23.7 Å². The number of hydrogen-bond acceptors (Lipinski definition) is 3. The topological polar surface area (TPSA) is 54.3 Å². The van der Waals surface area contributed by atoms with Crippen molar-refractivity contribution in [3.8, 4) is 5.69 Å². The first-order chi connectivity index (χ1) is 14.5. The predicted octanol–water partition coefficient (Wildman–Crippen LogP) is 4.18. The molecule has 150 valence electrons. The molecule has 1 aliphatic rings. The maximum atomic E-state index is 13.2. The number of carbonyl (C=O) groups is 2. The van der Waals surface area contributed by atoms with Gasteiger partial charge < -0.3 is 4.57 Å².